The average molecular weight is 560 g/mol. The van der Waals surface area contributed by atoms with Crippen LogP contribution in [0.4, 0.5) is 5.82 Å². The Bertz CT molecular complexity index is 1290. The number of hydrogen-bond donors (Lipinski definition) is 0. The summed E-state index contributed by atoms with van der Waals surface area (Å²) in [5.41, 5.74) is 3.49. The lowest BCUT2D eigenvalue weighted by molar-refractivity contribution is -0.191. The summed E-state index contributed by atoms with van der Waals surface area (Å²) in [6.07, 6.45) is 6.11. The highest BCUT2D eigenvalue weighted by atomic mass is 35.5. The summed E-state index contributed by atoms with van der Waals surface area (Å²) in [7, 11) is 0. The normalized spacial score (nSPS) is 23.0. The molecule has 2 aromatic heterocycles. The van der Waals surface area contributed by atoms with E-state index in [1.165, 1.54) is 38.9 Å². The molecule has 0 saturated carbocycles. The Labute approximate surface area is 234 Å². The SMILES string of the molecule is CCN1CCCC(C2CCN(c3cnc4c(C)nn([C@H](C)c5ccc(Cl)cc5Cl)c4n3)CC2C)C1.O=C=O. The molecule has 4 atom stereocenters. The minimum atomic E-state index is -0.0852. The van der Waals surface area contributed by atoms with Gasteiger partial charge in [0.25, 0.3) is 0 Å². The van der Waals surface area contributed by atoms with E-state index in [2.05, 4.69) is 30.6 Å². The Morgan fingerprint density at radius 3 is 2.61 bits per heavy atom. The van der Waals surface area contributed by atoms with Crippen LogP contribution < -0.4 is 4.90 Å². The van der Waals surface area contributed by atoms with Crippen molar-refractivity contribution in [2.45, 2.75) is 53.0 Å². The van der Waals surface area contributed by atoms with Gasteiger partial charge in [0.2, 0.25) is 0 Å². The maximum atomic E-state index is 8.12. The van der Waals surface area contributed by atoms with E-state index in [1.807, 2.05) is 29.9 Å². The van der Waals surface area contributed by atoms with Crippen molar-refractivity contribution in [3.8, 4) is 0 Å². The third kappa shape index (κ3) is 6.04. The minimum Gasteiger partial charge on any atom is -0.355 e. The zero-order chi connectivity index (χ0) is 27.4. The van der Waals surface area contributed by atoms with Crippen LogP contribution in [0.15, 0.2) is 24.4 Å². The van der Waals surface area contributed by atoms with E-state index in [4.69, 9.17) is 47.9 Å². The first-order valence-electron chi connectivity index (χ1n) is 13.4. The molecule has 3 aromatic rings. The van der Waals surface area contributed by atoms with Crippen molar-refractivity contribution < 1.29 is 9.59 Å². The van der Waals surface area contributed by atoms with Crippen molar-refractivity contribution in [3.05, 3.63) is 45.7 Å². The Morgan fingerprint density at radius 2 is 1.92 bits per heavy atom. The van der Waals surface area contributed by atoms with Gasteiger partial charge in [0.15, 0.2) is 5.65 Å². The van der Waals surface area contributed by atoms with Gasteiger partial charge in [0.1, 0.15) is 11.3 Å². The summed E-state index contributed by atoms with van der Waals surface area (Å²) in [6, 6.07) is 5.53. The molecule has 0 radical (unpaired) electrons. The van der Waals surface area contributed by atoms with Gasteiger partial charge in [-0.1, -0.05) is 43.1 Å². The highest BCUT2D eigenvalue weighted by molar-refractivity contribution is 6.35. The molecule has 2 aliphatic rings. The number of aryl methyl sites for hydroxylation is 1. The van der Waals surface area contributed by atoms with E-state index in [0.717, 1.165) is 53.2 Å². The van der Waals surface area contributed by atoms with Crippen molar-refractivity contribution >= 4 is 46.3 Å². The molecular weight excluding hydrogens is 523 g/mol. The molecule has 10 heteroatoms. The fourth-order valence-electron chi connectivity index (χ4n) is 6.24. The second-order valence-corrected chi connectivity index (χ2v) is 11.4. The lowest BCUT2D eigenvalue weighted by Crippen LogP contribution is -2.46. The summed E-state index contributed by atoms with van der Waals surface area (Å²) in [5, 5.41) is 6.06. The second kappa shape index (κ2) is 12.6. The minimum absolute atomic E-state index is 0.0852. The number of halogens is 2. The molecule has 4 heterocycles. The lowest BCUT2D eigenvalue weighted by atomic mass is 9.74. The first-order valence-corrected chi connectivity index (χ1v) is 14.2. The van der Waals surface area contributed by atoms with Crippen LogP contribution >= 0.6 is 23.2 Å². The van der Waals surface area contributed by atoms with Crippen molar-refractivity contribution in [3.63, 3.8) is 0 Å². The Hall–Kier alpha value is -2.51. The number of anilines is 1. The van der Waals surface area contributed by atoms with Crippen LogP contribution in [0.5, 0.6) is 0 Å². The molecule has 8 nitrogen and oxygen atoms in total. The predicted molar refractivity (Wildman–Crippen MR) is 150 cm³/mol. The van der Waals surface area contributed by atoms with Gasteiger partial charge in [-0.15, -0.1) is 0 Å². The second-order valence-electron chi connectivity index (χ2n) is 10.5. The summed E-state index contributed by atoms with van der Waals surface area (Å²) >= 11 is 12.6. The van der Waals surface area contributed by atoms with Gasteiger partial charge in [0, 0.05) is 29.7 Å². The third-order valence-electron chi connectivity index (χ3n) is 8.23. The lowest BCUT2D eigenvalue weighted by Gasteiger charge is -2.44. The number of hydrogen-bond acceptors (Lipinski definition) is 7. The van der Waals surface area contributed by atoms with E-state index in [9.17, 15) is 0 Å². The van der Waals surface area contributed by atoms with Crippen molar-refractivity contribution in [2.24, 2.45) is 17.8 Å². The van der Waals surface area contributed by atoms with Gasteiger partial charge >= 0.3 is 6.15 Å². The largest absolute Gasteiger partial charge is 0.373 e. The van der Waals surface area contributed by atoms with E-state index < -0.39 is 0 Å². The van der Waals surface area contributed by atoms with Crippen molar-refractivity contribution in [1.29, 1.82) is 0 Å². The van der Waals surface area contributed by atoms with Crippen molar-refractivity contribution in [1.82, 2.24) is 24.6 Å². The van der Waals surface area contributed by atoms with E-state index >= 15 is 0 Å². The summed E-state index contributed by atoms with van der Waals surface area (Å²) in [5.74, 6) is 3.19. The van der Waals surface area contributed by atoms with Crippen LogP contribution in [0.3, 0.4) is 0 Å². The fraction of sp³-hybridized carbons (Fsp3) is 0.571. The van der Waals surface area contributed by atoms with E-state index in [-0.39, 0.29) is 12.2 Å². The maximum Gasteiger partial charge on any atom is 0.373 e. The molecule has 5 rings (SSSR count). The number of likely N-dealkylation sites (tertiary alicyclic amines) is 1. The van der Waals surface area contributed by atoms with Crippen molar-refractivity contribution in [2.75, 3.05) is 37.6 Å². The summed E-state index contributed by atoms with van der Waals surface area (Å²) in [6.45, 7) is 14.6. The molecule has 3 unspecified atom stereocenters. The number of rotatable bonds is 5. The number of aromatic nitrogens is 4. The maximum absolute atomic E-state index is 8.12. The third-order valence-corrected chi connectivity index (χ3v) is 8.79. The molecule has 0 spiro atoms. The Morgan fingerprint density at radius 1 is 1.16 bits per heavy atom. The van der Waals surface area contributed by atoms with Gasteiger partial charge in [-0.3, -0.25) is 0 Å². The molecule has 0 aliphatic carbocycles. The highest BCUT2D eigenvalue weighted by Crippen LogP contribution is 2.37. The first-order chi connectivity index (χ1) is 18.3. The predicted octanol–water partition coefficient (Wildman–Crippen LogP) is 5.66. The quantitative estimate of drug-likeness (QED) is 0.399. The molecular formula is C28H36Cl2N6O2. The van der Waals surface area contributed by atoms with E-state index in [1.54, 1.807) is 6.07 Å². The number of benzene rings is 1. The molecule has 0 N–H and O–H groups in total. The molecule has 0 bridgehead atoms. The van der Waals surface area contributed by atoms with Crippen LogP contribution in [0.25, 0.3) is 11.2 Å². The van der Waals surface area contributed by atoms with Crippen LogP contribution in [-0.2, 0) is 9.59 Å². The van der Waals surface area contributed by atoms with Gasteiger partial charge in [-0.2, -0.15) is 14.7 Å². The van der Waals surface area contributed by atoms with Gasteiger partial charge in [-0.25, -0.2) is 14.6 Å². The van der Waals surface area contributed by atoms with E-state index in [0.29, 0.717) is 16.0 Å². The smallest absolute Gasteiger partial charge is 0.355 e. The first kappa shape index (κ1) is 28.5. The molecule has 1 aromatic carbocycles. The molecule has 2 fully saturated rings. The highest BCUT2D eigenvalue weighted by Gasteiger charge is 2.35. The zero-order valence-corrected chi connectivity index (χ0v) is 24.0. The Kier molecular flexibility index (Phi) is 9.42. The molecule has 2 saturated heterocycles. The topological polar surface area (TPSA) is 84.2 Å². The summed E-state index contributed by atoms with van der Waals surface area (Å²) < 4.78 is 1.95. The Balaban J connectivity index is 0.00000107. The molecule has 38 heavy (non-hydrogen) atoms. The zero-order valence-electron chi connectivity index (χ0n) is 22.5. The average Bonchev–Trinajstić information content (AvgIpc) is 3.24. The monoisotopic (exact) mass is 558 g/mol. The van der Waals surface area contributed by atoms with Crippen LogP contribution in [-0.4, -0.2) is 63.5 Å². The summed E-state index contributed by atoms with van der Waals surface area (Å²) in [4.78, 5) is 31.2. The van der Waals surface area contributed by atoms with Gasteiger partial charge in [0.05, 0.1) is 17.9 Å². The standard InChI is InChI=1S/C27H36Cl2N6.CO2/c1-5-33-11-6-7-20(16-33)22-10-12-34(15-17(22)2)25-14-30-26-18(3)32-35(27(26)31-25)19(4)23-9-8-21(28)13-24(23)29;2-1-3/h8-9,13-14,17,19-20,22H,5-7,10-12,15-16H2,1-4H3;/t17?,19-,20?,22?;/m1./s1. The van der Waals surface area contributed by atoms with Gasteiger partial charge < -0.3 is 9.80 Å². The number of piperidine rings is 2. The van der Waals surface area contributed by atoms with Crippen LogP contribution in [0.1, 0.15) is 57.3 Å². The number of carbonyl (C=O) groups excluding carboxylic acids is 2. The molecule has 204 valence electrons. The van der Waals surface area contributed by atoms with Crippen LogP contribution in [0, 0.1) is 24.7 Å². The molecule has 0 amide bonds. The van der Waals surface area contributed by atoms with Crippen LogP contribution in [0.2, 0.25) is 10.0 Å². The molecule has 2 aliphatic heterocycles. The number of nitrogens with zero attached hydrogens (tertiary/aromatic N) is 6. The number of fused-ring (bicyclic) bond motifs is 1. The fourth-order valence-corrected chi connectivity index (χ4v) is 6.80. The van der Waals surface area contributed by atoms with Gasteiger partial charge in [-0.05, 0) is 81.6 Å².